The number of nitrogens with zero attached hydrogens (tertiary/aromatic N) is 2. The van der Waals surface area contributed by atoms with Crippen molar-refractivity contribution in [3.05, 3.63) is 69.5 Å². The Morgan fingerprint density at radius 3 is 2.50 bits per heavy atom. The van der Waals surface area contributed by atoms with Crippen molar-refractivity contribution in [2.45, 2.75) is 12.8 Å². The average molecular weight is 357 g/mol. The highest BCUT2D eigenvalue weighted by Crippen LogP contribution is 2.20. The van der Waals surface area contributed by atoms with Crippen LogP contribution in [0.1, 0.15) is 33.6 Å². The van der Waals surface area contributed by atoms with E-state index in [4.69, 9.17) is 0 Å². The lowest BCUT2D eigenvalue weighted by Gasteiger charge is -2.15. The number of halogens is 1. The fourth-order valence-corrected chi connectivity index (χ4v) is 2.83. The molecule has 1 aliphatic rings. The molecule has 0 spiro atoms. The quantitative estimate of drug-likeness (QED) is 0.672. The van der Waals surface area contributed by atoms with Crippen LogP contribution in [0.5, 0.6) is 0 Å². The molecular weight excluding hydrogens is 341 g/mol. The first kappa shape index (κ1) is 17.5. The lowest BCUT2D eigenvalue weighted by molar-refractivity contribution is -0.385. The van der Waals surface area contributed by atoms with E-state index in [0.717, 1.165) is 25.0 Å². The number of carbonyl (C=O) groups is 2. The molecular formula is C18H16FN3O4. The second-order valence-electron chi connectivity index (χ2n) is 5.96. The first-order valence-electron chi connectivity index (χ1n) is 8.10. The zero-order valence-electron chi connectivity index (χ0n) is 13.8. The summed E-state index contributed by atoms with van der Waals surface area (Å²) in [5, 5.41) is 13.2. The average Bonchev–Trinajstić information content (AvgIpc) is 3.15. The second kappa shape index (κ2) is 7.30. The number of hydrogen-bond acceptors (Lipinski definition) is 4. The number of non-ortho nitro benzene ring substituents is 1. The fraction of sp³-hybridized carbons (Fsp3) is 0.222. The van der Waals surface area contributed by atoms with E-state index in [0.29, 0.717) is 30.4 Å². The van der Waals surface area contributed by atoms with Gasteiger partial charge < -0.3 is 10.2 Å². The van der Waals surface area contributed by atoms with E-state index in [2.05, 4.69) is 5.32 Å². The predicted octanol–water partition coefficient (Wildman–Crippen LogP) is 3.22. The third-order valence-electron chi connectivity index (χ3n) is 4.17. The van der Waals surface area contributed by atoms with Gasteiger partial charge in [-0.15, -0.1) is 0 Å². The SMILES string of the molecule is O=C(Nc1cccc(C(=O)N2CCCC2)c1)c1ccc([N+](=O)[O-])cc1F. The molecule has 134 valence electrons. The third-order valence-corrected chi connectivity index (χ3v) is 4.17. The number of rotatable bonds is 4. The van der Waals surface area contributed by atoms with E-state index in [1.54, 1.807) is 23.1 Å². The summed E-state index contributed by atoms with van der Waals surface area (Å²) in [6.07, 6.45) is 1.95. The van der Waals surface area contributed by atoms with Gasteiger partial charge in [-0.3, -0.25) is 19.7 Å². The molecule has 0 atom stereocenters. The Labute approximate surface area is 148 Å². The van der Waals surface area contributed by atoms with Crippen LogP contribution in [0.15, 0.2) is 42.5 Å². The van der Waals surface area contributed by atoms with Crippen molar-refractivity contribution in [2.24, 2.45) is 0 Å². The van der Waals surface area contributed by atoms with Crippen molar-refractivity contribution in [3.8, 4) is 0 Å². The van der Waals surface area contributed by atoms with Crippen molar-refractivity contribution in [2.75, 3.05) is 18.4 Å². The van der Waals surface area contributed by atoms with Crippen molar-refractivity contribution < 1.29 is 18.9 Å². The van der Waals surface area contributed by atoms with Gasteiger partial charge >= 0.3 is 0 Å². The predicted molar refractivity (Wildman–Crippen MR) is 92.6 cm³/mol. The largest absolute Gasteiger partial charge is 0.339 e. The Balaban J connectivity index is 1.76. The molecule has 0 radical (unpaired) electrons. The van der Waals surface area contributed by atoms with E-state index >= 15 is 0 Å². The first-order chi connectivity index (χ1) is 12.5. The molecule has 2 aromatic rings. The van der Waals surface area contributed by atoms with E-state index in [-0.39, 0.29) is 11.5 Å². The van der Waals surface area contributed by atoms with E-state index < -0.39 is 22.3 Å². The lowest BCUT2D eigenvalue weighted by Crippen LogP contribution is -2.27. The van der Waals surface area contributed by atoms with Gasteiger partial charge in [0.25, 0.3) is 17.5 Å². The highest BCUT2D eigenvalue weighted by Gasteiger charge is 2.20. The summed E-state index contributed by atoms with van der Waals surface area (Å²) in [6, 6.07) is 9.22. The minimum Gasteiger partial charge on any atom is -0.339 e. The van der Waals surface area contributed by atoms with Gasteiger partial charge in [-0.05, 0) is 37.1 Å². The highest BCUT2D eigenvalue weighted by atomic mass is 19.1. The molecule has 8 heteroatoms. The molecule has 1 heterocycles. The molecule has 0 bridgehead atoms. The van der Waals surface area contributed by atoms with E-state index in [1.165, 1.54) is 6.07 Å². The van der Waals surface area contributed by atoms with Crippen LogP contribution in [0.2, 0.25) is 0 Å². The minimum absolute atomic E-state index is 0.111. The van der Waals surface area contributed by atoms with Crippen molar-refractivity contribution in [1.82, 2.24) is 4.90 Å². The van der Waals surface area contributed by atoms with Crippen LogP contribution in [0.4, 0.5) is 15.8 Å². The Morgan fingerprint density at radius 2 is 1.85 bits per heavy atom. The van der Waals surface area contributed by atoms with Gasteiger partial charge in [0.15, 0.2) is 0 Å². The smallest absolute Gasteiger partial charge is 0.272 e. The first-order valence-corrected chi connectivity index (χ1v) is 8.10. The number of amides is 2. The van der Waals surface area contributed by atoms with E-state index in [1.807, 2.05) is 0 Å². The number of nitro groups is 1. The van der Waals surface area contributed by atoms with Crippen molar-refractivity contribution in [3.63, 3.8) is 0 Å². The molecule has 2 amide bonds. The number of likely N-dealkylation sites (tertiary alicyclic amines) is 1. The van der Waals surface area contributed by atoms with Crippen LogP contribution in [-0.2, 0) is 0 Å². The van der Waals surface area contributed by atoms with E-state index in [9.17, 15) is 24.1 Å². The summed E-state index contributed by atoms with van der Waals surface area (Å²) >= 11 is 0. The molecule has 1 aliphatic heterocycles. The molecule has 1 saturated heterocycles. The molecule has 3 rings (SSSR count). The van der Waals surface area contributed by atoms with Crippen LogP contribution in [0.3, 0.4) is 0 Å². The van der Waals surface area contributed by atoms with Gasteiger partial charge in [0.05, 0.1) is 16.6 Å². The van der Waals surface area contributed by atoms with Crippen LogP contribution in [-0.4, -0.2) is 34.7 Å². The van der Waals surface area contributed by atoms with Crippen LogP contribution < -0.4 is 5.32 Å². The zero-order chi connectivity index (χ0) is 18.7. The monoisotopic (exact) mass is 357 g/mol. The number of benzene rings is 2. The maximum atomic E-state index is 13.9. The summed E-state index contributed by atoms with van der Waals surface area (Å²) < 4.78 is 13.9. The van der Waals surface area contributed by atoms with Crippen LogP contribution in [0.25, 0.3) is 0 Å². The molecule has 0 unspecified atom stereocenters. The summed E-state index contributed by atoms with van der Waals surface area (Å²) in [5.74, 6) is -1.84. The molecule has 7 nitrogen and oxygen atoms in total. The van der Waals surface area contributed by atoms with Gasteiger partial charge in [-0.2, -0.15) is 0 Å². The van der Waals surface area contributed by atoms with Gasteiger partial charge in [0, 0.05) is 30.4 Å². The number of anilines is 1. The van der Waals surface area contributed by atoms with Crippen molar-refractivity contribution >= 4 is 23.2 Å². The maximum Gasteiger partial charge on any atom is 0.272 e. The van der Waals surface area contributed by atoms with Gasteiger partial charge in [-0.25, -0.2) is 4.39 Å². The topological polar surface area (TPSA) is 92.6 Å². The summed E-state index contributed by atoms with van der Waals surface area (Å²) in [5.41, 5.74) is 0.0378. The fourth-order valence-electron chi connectivity index (χ4n) is 2.83. The lowest BCUT2D eigenvalue weighted by atomic mass is 10.1. The van der Waals surface area contributed by atoms with Crippen LogP contribution >= 0.6 is 0 Å². The molecule has 26 heavy (non-hydrogen) atoms. The van der Waals surface area contributed by atoms with Gasteiger partial charge in [0.1, 0.15) is 5.82 Å². The number of nitro benzene ring substituents is 1. The molecule has 2 aromatic carbocycles. The Morgan fingerprint density at radius 1 is 1.12 bits per heavy atom. The molecule has 1 fully saturated rings. The summed E-state index contributed by atoms with van der Waals surface area (Å²) in [6.45, 7) is 1.42. The molecule has 0 aromatic heterocycles. The normalized spacial score (nSPS) is 13.5. The number of nitrogens with one attached hydrogen (secondary N) is 1. The number of hydrogen-bond donors (Lipinski definition) is 1. The molecule has 0 saturated carbocycles. The third kappa shape index (κ3) is 3.69. The maximum absolute atomic E-state index is 13.9. The standard InChI is InChI=1S/C18H16FN3O4/c19-16-11-14(22(25)26)6-7-15(16)17(23)20-13-5-3-4-12(10-13)18(24)21-8-1-2-9-21/h3-7,10-11H,1-2,8-9H2,(H,20,23). The zero-order valence-corrected chi connectivity index (χ0v) is 13.8. The van der Waals surface area contributed by atoms with Gasteiger partial charge in [-0.1, -0.05) is 6.07 Å². The highest BCUT2D eigenvalue weighted by molar-refractivity contribution is 6.05. The second-order valence-corrected chi connectivity index (χ2v) is 5.96. The molecule has 0 aliphatic carbocycles. The summed E-state index contributed by atoms with van der Waals surface area (Å²) in [4.78, 5) is 36.3. The summed E-state index contributed by atoms with van der Waals surface area (Å²) in [7, 11) is 0. The van der Waals surface area contributed by atoms with Gasteiger partial charge in [0.2, 0.25) is 0 Å². The minimum atomic E-state index is -0.985. The van der Waals surface area contributed by atoms with Crippen LogP contribution in [0, 0.1) is 15.9 Å². The number of carbonyl (C=O) groups excluding carboxylic acids is 2. The van der Waals surface area contributed by atoms with Crippen molar-refractivity contribution in [1.29, 1.82) is 0 Å². The Hall–Kier alpha value is -3.29. The molecule has 1 N–H and O–H groups in total. The Kier molecular flexibility index (Phi) is 4.92. The Bertz CT molecular complexity index is 878.